The van der Waals surface area contributed by atoms with Gasteiger partial charge >= 0.3 is 0 Å². The molecule has 0 bridgehead atoms. The molecule has 128 valence electrons. The third kappa shape index (κ3) is 4.67. The third-order valence-electron chi connectivity index (χ3n) is 3.93. The highest BCUT2D eigenvalue weighted by Crippen LogP contribution is 2.19. The molecular weight excluding hydrogens is 312 g/mol. The Hall–Kier alpha value is -2.66. The second-order valence-corrected chi connectivity index (χ2v) is 5.59. The average Bonchev–Trinajstić information content (AvgIpc) is 2.60. The minimum atomic E-state index is -0.655. The summed E-state index contributed by atoms with van der Waals surface area (Å²) in [5.41, 5.74) is -0.0187. The van der Waals surface area contributed by atoms with Crippen LogP contribution in [0.25, 0.3) is 0 Å². The summed E-state index contributed by atoms with van der Waals surface area (Å²) >= 11 is 0. The summed E-state index contributed by atoms with van der Waals surface area (Å²) < 4.78 is 5.59. The first-order valence-electron chi connectivity index (χ1n) is 7.80. The molecule has 1 fully saturated rings. The molecule has 1 unspecified atom stereocenters. The molecule has 1 aromatic rings. The largest absolute Gasteiger partial charge is 0.481 e. The average molecular weight is 332 g/mol. The number of nitro benzene ring substituents is 1. The Morgan fingerprint density at radius 2 is 1.96 bits per heavy atom. The Kier molecular flexibility index (Phi) is 6.09. The molecule has 0 aliphatic carbocycles. The fourth-order valence-electron chi connectivity index (χ4n) is 2.56. The van der Waals surface area contributed by atoms with E-state index in [-0.39, 0.29) is 11.6 Å². The maximum atomic E-state index is 12.4. The van der Waals surface area contributed by atoms with Gasteiger partial charge in [-0.25, -0.2) is 0 Å². The summed E-state index contributed by atoms with van der Waals surface area (Å²) in [5.74, 6) is 0.322. The molecule has 1 aliphatic heterocycles. The number of rotatable bonds is 6. The van der Waals surface area contributed by atoms with E-state index in [9.17, 15) is 14.9 Å². The van der Waals surface area contributed by atoms with Crippen molar-refractivity contribution in [1.82, 2.24) is 9.80 Å². The number of piperazine rings is 1. The monoisotopic (exact) mass is 332 g/mol. The van der Waals surface area contributed by atoms with Crippen LogP contribution in [0, 0.1) is 21.4 Å². The summed E-state index contributed by atoms with van der Waals surface area (Å²) in [6.45, 7) is 5.12. The van der Waals surface area contributed by atoms with Crippen molar-refractivity contribution in [3.8, 4) is 11.8 Å². The van der Waals surface area contributed by atoms with Gasteiger partial charge in [0.25, 0.3) is 11.6 Å². The molecule has 0 aromatic heterocycles. The summed E-state index contributed by atoms with van der Waals surface area (Å²) in [7, 11) is 0. The minimum Gasteiger partial charge on any atom is -0.481 e. The fourth-order valence-corrected chi connectivity index (χ4v) is 2.56. The molecule has 0 spiro atoms. The van der Waals surface area contributed by atoms with E-state index >= 15 is 0 Å². The first-order chi connectivity index (χ1) is 11.5. The van der Waals surface area contributed by atoms with E-state index < -0.39 is 11.0 Å². The molecule has 1 saturated heterocycles. The lowest BCUT2D eigenvalue weighted by molar-refractivity contribution is -0.384. The lowest BCUT2D eigenvalue weighted by Crippen LogP contribution is -2.51. The number of nitro groups is 1. The van der Waals surface area contributed by atoms with Gasteiger partial charge in [-0.2, -0.15) is 5.26 Å². The predicted octanol–water partition coefficient (Wildman–Crippen LogP) is 1.42. The summed E-state index contributed by atoms with van der Waals surface area (Å²) in [6.07, 6.45) is -0.162. The van der Waals surface area contributed by atoms with Gasteiger partial charge in [0.2, 0.25) is 0 Å². The number of amides is 1. The highest BCUT2D eigenvalue weighted by Gasteiger charge is 2.25. The predicted molar refractivity (Wildman–Crippen MR) is 86.4 cm³/mol. The molecular formula is C16H20N4O4. The molecule has 0 saturated carbocycles. The Bertz CT molecular complexity index is 618. The quantitative estimate of drug-likeness (QED) is 0.577. The van der Waals surface area contributed by atoms with Crippen molar-refractivity contribution in [2.45, 2.75) is 19.4 Å². The second kappa shape index (κ2) is 8.26. The SMILES string of the molecule is CC(Oc1ccc([N+](=O)[O-])cc1)C(=O)N1CCN(CCC#N)CC1. The molecule has 2 rings (SSSR count). The Morgan fingerprint density at radius 3 is 2.50 bits per heavy atom. The van der Waals surface area contributed by atoms with E-state index in [2.05, 4.69) is 11.0 Å². The molecule has 1 aromatic carbocycles. The zero-order valence-electron chi connectivity index (χ0n) is 13.6. The molecule has 0 radical (unpaired) electrons. The van der Waals surface area contributed by atoms with Crippen LogP contribution in [-0.4, -0.2) is 59.5 Å². The number of nitriles is 1. The van der Waals surface area contributed by atoms with E-state index in [4.69, 9.17) is 10.00 Å². The van der Waals surface area contributed by atoms with Gasteiger partial charge in [0.05, 0.1) is 11.0 Å². The number of hydrogen-bond donors (Lipinski definition) is 0. The zero-order valence-corrected chi connectivity index (χ0v) is 13.6. The first kappa shape index (κ1) is 17.7. The van der Waals surface area contributed by atoms with Crippen molar-refractivity contribution >= 4 is 11.6 Å². The Balaban J connectivity index is 1.84. The van der Waals surface area contributed by atoms with E-state index in [0.29, 0.717) is 25.3 Å². The van der Waals surface area contributed by atoms with Gasteiger partial charge in [0, 0.05) is 51.3 Å². The van der Waals surface area contributed by atoms with Crippen LogP contribution < -0.4 is 4.74 Å². The smallest absolute Gasteiger partial charge is 0.269 e. The van der Waals surface area contributed by atoms with E-state index in [1.165, 1.54) is 24.3 Å². The maximum Gasteiger partial charge on any atom is 0.269 e. The number of carbonyl (C=O) groups excluding carboxylic acids is 1. The zero-order chi connectivity index (χ0) is 17.5. The fraction of sp³-hybridized carbons (Fsp3) is 0.500. The topological polar surface area (TPSA) is 99.7 Å². The van der Waals surface area contributed by atoms with E-state index in [0.717, 1.165) is 19.6 Å². The number of non-ortho nitro benzene ring substituents is 1. The Labute approximate surface area is 140 Å². The van der Waals surface area contributed by atoms with Crippen molar-refractivity contribution in [2.75, 3.05) is 32.7 Å². The first-order valence-corrected chi connectivity index (χ1v) is 7.80. The van der Waals surface area contributed by atoms with Gasteiger partial charge in [-0.05, 0) is 19.1 Å². The number of hydrogen-bond acceptors (Lipinski definition) is 6. The van der Waals surface area contributed by atoms with Crippen LogP contribution in [0.4, 0.5) is 5.69 Å². The van der Waals surface area contributed by atoms with Crippen molar-refractivity contribution in [3.63, 3.8) is 0 Å². The van der Waals surface area contributed by atoms with Crippen molar-refractivity contribution in [3.05, 3.63) is 34.4 Å². The van der Waals surface area contributed by atoms with Gasteiger partial charge in [-0.1, -0.05) is 0 Å². The molecule has 1 aliphatic rings. The van der Waals surface area contributed by atoms with Gasteiger partial charge in [0.15, 0.2) is 6.10 Å². The summed E-state index contributed by atoms with van der Waals surface area (Å²) in [4.78, 5) is 26.5. The van der Waals surface area contributed by atoms with Crippen molar-refractivity contribution in [1.29, 1.82) is 5.26 Å². The normalized spacial score (nSPS) is 16.2. The van der Waals surface area contributed by atoms with Gasteiger partial charge in [0.1, 0.15) is 5.75 Å². The van der Waals surface area contributed by atoms with Gasteiger partial charge < -0.3 is 9.64 Å². The number of benzene rings is 1. The number of nitrogens with zero attached hydrogens (tertiary/aromatic N) is 4. The van der Waals surface area contributed by atoms with Gasteiger partial charge in [-0.3, -0.25) is 19.8 Å². The van der Waals surface area contributed by atoms with E-state index in [1.54, 1.807) is 11.8 Å². The van der Waals surface area contributed by atoms with Crippen LogP contribution in [0.15, 0.2) is 24.3 Å². The number of carbonyl (C=O) groups is 1. The van der Waals surface area contributed by atoms with Crippen molar-refractivity contribution < 1.29 is 14.5 Å². The van der Waals surface area contributed by atoms with Crippen LogP contribution in [0.3, 0.4) is 0 Å². The minimum absolute atomic E-state index is 0.0187. The van der Waals surface area contributed by atoms with Crippen LogP contribution >= 0.6 is 0 Å². The highest BCUT2D eigenvalue weighted by atomic mass is 16.6. The van der Waals surface area contributed by atoms with Crippen molar-refractivity contribution in [2.24, 2.45) is 0 Å². The molecule has 24 heavy (non-hydrogen) atoms. The molecule has 8 heteroatoms. The summed E-state index contributed by atoms with van der Waals surface area (Å²) in [6, 6.07) is 7.79. The van der Waals surface area contributed by atoms with Crippen LogP contribution in [0.1, 0.15) is 13.3 Å². The second-order valence-electron chi connectivity index (χ2n) is 5.59. The van der Waals surface area contributed by atoms with Gasteiger partial charge in [-0.15, -0.1) is 0 Å². The lowest BCUT2D eigenvalue weighted by Gasteiger charge is -2.35. The van der Waals surface area contributed by atoms with Crippen LogP contribution in [0.5, 0.6) is 5.75 Å². The lowest BCUT2D eigenvalue weighted by atomic mass is 10.2. The van der Waals surface area contributed by atoms with Crippen LogP contribution in [-0.2, 0) is 4.79 Å². The van der Waals surface area contributed by atoms with Crippen LogP contribution in [0.2, 0.25) is 0 Å². The standard InChI is InChI=1S/C16H20N4O4/c1-13(24-15-5-3-14(4-6-15)20(22)23)16(21)19-11-9-18(10-12-19)8-2-7-17/h3-6,13H,2,8-12H2,1H3. The molecule has 8 nitrogen and oxygen atoms in total. The molecule has 1 atom stereocenters. The molecule has 1 amide bonds. The number of ether oxygens (including phenoxy) is 1. The highest BCUT2D eigenvalue weighted by molar-refractivity contribution is 5.81. The van der Waals surface area contributed by atoms with E-state index in [1.807, 2.05) is 0 Å². The molecule has 1 heterocycles. The summed E-state index contributed by atoms with van der Waals surface area (Å²) in [5, 5.41) is 19.2. The molecule has 0 N–H and O–H groups in total. The Morgan fingerprint density at radius 1 is 1.33 bits per heavy atom. The third-order valence-corrected chi connectivity index (χ3v) is 3.93. The maximum absolute atomic E-state index is 12.4.